The van der Waals surface area contributed by atoms with Crippen molar-refractivity contribution in [1.29, 1.82) is 0 Å². The van der Waals surface area contributed by atoms with Crippen molar-refractivity contribution in [2.45, 2.75) is 6.92 Å². The van der Waals surface area contributed by atoms with Crippen molar-refractivity contribution in [1.82, 2.24) is 15.1 Å². The molecule has 0 saturated carbocycles. The maximum atomic E-state index is 11.6. The molecule has 7 nitrogen and oxygen atoms in total. The smallest absolute Gasteiger partial charge is 0.256 e. The summed E-state index contributed by atoms with van der Waals surface area (Å²) >= 11 is 0. The Balaban J connectivity index is 2.54. The molecule has 0 unspecified atom stereocenters. The average Bonchev–Trinajstić information content (AvgIpc) is 2.59. The lowest BCUT2D eigenvalue weighted by molar-refractivity contribution is 0.0957. The van der Waals surface area contributed by atoms with E-state index >= 15 is 0 Å². The van der Waals surface area contributed by atoms with Crippen molar-refractivity contribution in [2.24, 2.45) is 7.05 Å². The molecule has 17 heavy (non-hydrogen) atoms. The largest absolute Gasteiger partial charge is 0.383 e. The molecule has 96 valence electrons. The van der Waals surface area contributed by atoms with Gasteiger partial charge in [-0.2, -0.15) is 5.10 Å². The molecule has 1 aromatic heterocycles. The normalized spacial score (nSPS) is 11.4. The summed E-state index contributed by atoms with van der Waals surface area (Å²) in [5.41, 5.74) is 5.86. The predicted molar refractivity (Wildman–Crippen MR) is 64.3 cm³/mol. The number of carbonyl (C=O) groups is 1. The molecule has 1 heterocycles. The summed E-state index contributed by atoms with van der Waals surface area (Å²) in [6.45, 7) is 1.64. The first kappa shape index (κ1) is 13.5. The zero-order valence-corrected chi connectivity index (χ0v) is 10.6. The fraction of sp³-hybridized carbons (Fsp3) is 0.556. The van der Waals surface area contributed by atoms with Gasteiger partial charge in [-0.05, 0) is 0 Å². The van der Waals surface area contributed by atoms with Crippen LogP contribution in [-0.2, 0) is 16.9 Å². The van der Waals surface area contributed by atoms with Crippen molar-refractivity contribution in [2.75, 3.05) is 23.8 Å². The molecule has 8 heteroatoms. The van der Waals surface area contributed by atoms with E-state index in [9.17, 15) is 13.2 Å². The fourth-order valence-corrected chi connectivity index (χ4v) is 1.88. The van der Waals surface area contributed by atoms with Gasteiger partial charge in [0.05, 0.1) is 11.9 Å². The lowest BCUT2D eigenvalue weighted by Crippen LogP contribution is -2.29. The number of aryl methyl sites for hydroxylation is 1. The minimum absolute atomic E-state index is 0.0674. The van der Waals surface area contributed by atoms with Crippen LogP contribution in [0, 0.1) is 0 Å². The van der Waals surface area contributed by atoms with Gasteiger partial charge in [0, 0.05) is 19.3 Å². The quantitative estimate of drug-likeness (QED) is 0.718. The second-order valence-corrected chi connectivity index (χ2v) is 6.03. The molecular formula is C9H16N4O3S. The van der Waals surface area contributed by atoms with Crippen molar-refractivity contribution < 1.29 is 13.2 Å². The number of anilines is 1. The molecule has 0 fully saturated rings. The minimum Gasteiger partial charge on any atom is -0.383 e. The highest BCUT2D eigenvalue weighted by Crippen LogP contribution is 2.08. The van der Waals surface area contributed by atoms with E-state index in [4.69, 9.17) is 5.73 Å². The topological polar surface area (TPSA) is 107 Å². The third kappa shape index (κ3) is 3.45. The van der Waals surface area contributed by atoms with E-state index in [0.29, 0.717) is 0 Å². The standard InChI is InChI=1S/C9H16N4O3S/c1-3-17(15,16)5-4-11-9(14)7-6-12-13(2)8(7)10/h6H,3-5,10H2,1-2H3,(H,11,14). The van der Waals surface area contributed by atoms with Crippen LogP contribution in [0.15, 0.2) is 6.20 Å². The highest BCUT2D eigenvalue weighted by atomic mass is 32.2. The summed E-state index contributed by atoms with van der Waals surface area (Å²) in [5, 5.41) is 6.31. The van der Waals surface area contributed by atoms with E-state index in [1.807, 2.05) is 0 Å². The first-order valence-corrected chi connectivity index (χ1v) is 6.95. The molecule has 1 aromatic rings. The number of nitrogens with one attached hydrogen (secondary N) is 1. The van der Waals surface area contributed by atoms with E-state index in [1.54, 1.807) is 14.0 Å². The van der Waals surface area contributed by atoms with Crippen molar-refractivity contribution in [3.8, 4) is 0 Å². The molecule has 0 atom stereocenters. The second-order valence-electron chi connectivity index (χ2n) is 3.56. The number of rotatable bonds is 5. The molecule has 0 aliphatic carbocycles. The van der Waals surface area contributed by atoms with Crippen LogP contribution in [0.1, 0.15) is 17.3 Å². The van der Waals surface area contributed by atoms with Gasteiger partial charge in [0.2, 0.25) is 0 Å². The van der Waals surface area contributed by atoms with E-state index < -0.39 is 15.7 Å². The van der Waals surface area contributed by atoms with Crippen LogP contribution < -0.4 is 11.1 Å². The number of nitrogens with zero attached hydrogens (tertiary/aromatic N) is 2. The van der Waals surface area contributed by atoms with Gasteiger partial charge < -0.3 is 11.1 Å². The molecular weight excluding hydrogens is 244 g/mol. The Morgan fingerprint density at radius 1 is 1.59 bits per heavy atom. The summed E-state index contributed by atoms with van der Waals surface area (Å²) < 4.78 is 23.8. The Kier molecular flexibility index (Phi) is 4.11. The fourth-order valence-electron chi connectivity index (χ4n) is 1.18. The van der Waals surface area contributed by atoms with Crippen LogP contribution in [0.25, 0.3) is 0 Å². The monoisotopic (exact) mass is 260 g/mol. The number of hydrogen-bond donors (Lipinski definition) is 2. The third-order valence-corrected chi connectivity index (χ3v) is 4.07. The number of hydrogen-bond acceptors (Lipinski definition) is 5. The van der Waals surface area contributed by atoms with E-state index in [2.05, 4.69) is 10.4 Å². The van der Waals surface area contributed by atoms with E-state index in [-0.39, 0.29) is 29.4 Å². The van der Waals surface area contributed by atoms with Gasteiger partial charge in [-0.25, -0.2) is 8.42 Å². The zero-order valence-electron chi connectivity index (χ0n) is 9.80. The van der Waals surface area contributed by atoms with Gasteiger partial charge >= 0.3 is 0 Å². The lowest BCUT2D eigenvalue weighted by Gasteiger charge is -2.04. The van der Waals surface area contributed by atoms with Gasteiger partial charge in [0.1, 0.15) is 11.4 Å². The highest BCUT2D eigenvalue weighted by molar-refractivity contribution is 7.91. The maximum Gasteiger partial charge on any atom is 0.256 e. The minimum atomic E-state index is -3.07. The van der Waals surface area contributed by atoms with Gasteiger partial charge in [-0.15, -0.1) is 0 Å². The summed E-state index contributed by atoms with van der Waals surface area (Å²) in [6, 6.07) is 0. The lowest BCUT2D eigenvalue weighted by atomic mass is 10.3. The molecule has 0 aliphatic rings. The van der Waals surface area contributed by atoms with Crippen LogP contribution in [0.2, 0.25) is 0 Å². The van der Waals surface area contributed by atoms with Crippen LogP contribution in [-0.4, -0.2) is 42.2 Å². The molecule has 3 N–H and O–H groups in total. The van der Waals surface area contributed by atoms with E-state index in [1.165, 1.54) is 10.9 Å². The Morgan fingerprint density at radius 3 is 2.71 bits per heavy atom. The Hall–Kier alpha value is -1.57. The van der Waals surface area contributed by atoms with Crippen molar-refractivity contribution in [3.05, 3.63) is 11.8 Å². The SMILES string of the molecule is CCS(=O)(=O)CCNC(=O)c1cnn(C)c1N. The molecule has 1 amide bonds. The van der Waals surface area contributed by atoms with Gasteiger partial charge in [-0.3, -0.25) is 9.48 Å². The highest BCUT2D eigenvalue weighted by Gasteiger charge is 2.14. The summed E-state index contributed by atoms with van der Waals surface area (Å²) in [7, 11) is -1.45. The summed E-state index contributed by atoms with van der Waals surface area (Å²) in [4.78, 5) is 11.6. The molecule has 1 rings (SSSR count). The molecule has 0 bridgehead atoms. The van der Waals surface area contributed by atoms with Crippen molar-refractivity contribution in [3.63, 3.8) is 0 Å². The number of carbonyl (C=O) groups excluding carboxylic acids is 1. The Morgan fingerprint density at radius 2 is 2.24 bits per heavy atom. The Labute approximate surface area is 99.9 Å². The second kappa shape index (κ2) is 5.17. The van der Waals surface area contributed by atoms with Crippen molar-refractivity contribution >= 4 is 21.6 Å². The molecule has 0 aliphatic heterocycles. The molecule has 0 aromatic carbocycles. The first-order chi connectivity index (χ1) is 7.87. The first-order valence-electron chi connectivity index (χ1n) is 5.13. The van der Waals surface area contributed by atoms with E-state index in [0.717, 1.165) is 0 Å². The van der Waals surface area contributed by atoms with Crippen LogP contribution in [0.3, 0.4) is 0 Å². The zero-order chi connectivity index (χ0) is 13.1. The molecule has 0 radical (unpaired) electrons. The van der Waals surface area contributed by atoms with Crippen LogP contribution in [0.4, 0.5) is 5.82 Å². The van der Waals surface area contributed by atoms with Gasteiger partial charge in [0.15, 0.2) is 9.84 Å². The molecule has 0 spiro atoms. The van der Waals surface area contributed by atoms with Crippen LogP contribution in [0.5, 0.6) is 0 Å². The number of aromatic nitrogens is 2. The number of amides is 1. The van der Waals surface area contributed by atoms with Gasteiger partial charge in [0.25, 0.3) is 5.91 Å². The predicted octanol–water partition coefficient (Wildman–Crippen LogP) is -0.833. The molecule has 0 saturated heterocycles. The third-order valence-electron chi connectivity index (χ3n) is 2.37. The van der Waals surface area contributed by atoms with Crippen LogP contribution >= 0.6 is 0 Å². The summed E-state index contributed by atoms with van der Waals surface area (Å²) in [6.07, 6.45) is 1.35. The number of nitrogen functional groups attached to an aromatic ring is 1. The number of sulfone groups is 1. The van der Waals surface area contributed by atoms with Gasteiger partial charge in [-0.1, -0.05) is 6.92 Å². The summed E-state index contributed by atoms with van der Waals surface area (Å²) in [5.74, 6) is -0.171. The average molecular weight is 260 g/mol. The number of nitrogens with two attached hydrogens (primary N) is 1. The Bertz CT molecular complexity index is 506. The maximum absolute atomic E-state index is 11.6.